The Labute approximate surface area is 223 Å². The highest BCUT2D eigenvalue weighted by Crippen LogP contribution is 2.32. The zero-order valence-electron chi connectivity index (χ0n) is 20.3. The molecule has 2 aliphatic heterocycles. The van der Waals surface area contributed by atoms with Crippen LogP contribution in [0, 0.1) is 0 Å². The van der Waals surface area contributed by atoms with Crippen molar-refractivity contribution in [3.05, 3.63) is 91.1 Å². The molecule has 8 bridgehead atoms. The third kappa shape index (κ3) is 3.53. The summed E-state index contributed by atoms with van der Waals surface area (Å²) in [5.74, 6) is -0.0549. The first-order valence-electron chi connectivity index (χ1n) is 12.3. The number of carbonyl (C=O) groups excluding carboxylic acids is 1. The average Bonchev–Trinajstić information content (AvgIpc) is 3.71. The van der Waals surface area contributed by atoms with Crippen LogP contribution in [0.5, 0.6) is 0 Å². The Balaban J connectivity index is 1.52. The highest BCUT2D eigenvalue weighted by atomic mass is 32.1. The number of rotatable bonds is 2. The third-order valence-electron chi connectivity index (χ3n) is 6.87. The Morgan fingerprint density at radius 1 is 0.872 bits per heavy atom. The second-order valence-electron chi connectivity index (χ2n) is 9.31. The quantitative estimate of drug-likeness (QED) is 0.283. The van der Waals surface area contributed by atoms with Crippen molar-refractivity contribution in [1.29, 1.82) is 0 Å². The van der Waals surface area contributed by atoms with E-state index in [9.17, 15) is 4.79 Å². The van der Waals surface area contributed by atoms with E-state index in [1.54, 1.807) is 35.6 Å². The zero-order chi connectivity index (χ0) is 25.9. The Bertz CT molecular complexity index is 2240. The van der Waals surface area contributed by atoms with Crippen LogP contribution in [-0.4, -0.2) is 45.6 Å². The van der Waals surface area contributed by atoms with Crippen LogP contribution in [0.15, 0.2) is 85.6 Å². The van der Waals surface area contributed by atoms with Crippen molar-refractivity contribution < 1.29 is 4.79 Å². The molecule has 0 amide bonds. The van der Waals surface area contributed by atoms with Crippen LogP contribution in [0.4, 0.5) is 0 Å². The molecule has 6 aromatic rings. The molecule has 0 fully saturated rings. The van der Waals surface area contributed by atoms with Crippen molar-refractivity contribution in [3.63, 3.8) is 0 Å². The number of hydrogen-bond acceptors (Lipinski definition) is 7. The molecule has 5 aromatic heterocycles. The number of hydrogen-bond donors (Lipinski definition) is 2. The molecular weight excluding hydrogens is 508 g/mol. The van der Waals surface area contributed by atoms with Gasteiger partial charge in [-0.05, 0) is 29.8 Å². The summed E-state index contributed by atoms with van der Waals surface area (Å²) < 4.78 is 2.69. The van der Waals surface area contributed by atoms with Crippen LogP contribution < -0.4 is 0 Å². The Kier molecular flexibility index (Phi) is 4.70. The number of aromatic amines is 2. The second-order valence-corrected chi connectivity index (χ2v) is 10.4. The maximum absolute atomic E-state index is 13.9. The van der Waals surface area contributed by atoms with Gasteiger partial charge in [0.25, 0.3) is 0 Å². The van der Waals surface area contributed by atoms with E-state index in [1.165, 1.54) is 11.3 Å². The lowest BCUT2D eigenvalue weighted by atomic mass is 10.1. The fourth-order valence-electron chi connectivity index (χ4n) is 5.00. The van der Waals surface area contributed by atoms with Gasteiger partial charge in [-0.1, -0.05) is 30.3 Å². The lowest BCUT2D eigenvalue weighted by Gasteiger charge is -2.08. The van der Waals surface area contributed by atoms with E-state index in [0.717, 1.165) is 48.0 Å². The molecule has 2 aliphatic rings. The fraction of sp³-hybridized carbons (Fsp3) is 0.0345. The molecule has 0 saturated heterocycles. The molecule has 0 radical (unpaired) electrons. The van der Waals surface area contributed by atoms with E-state index < -0.39 is 0 Å². The van der Waals surface area contributed by atoms with Crippen molar-refractivity contribution in [1.82, 2.24) is 39.7 Å². The van der Waals surface area contributed by atoms with Crippen molar-refractivity contribution in [2.75, 3.05) is 0 Å². The number of pyridine rings is 3. The normalized spacial score (nSPS) is 11.8. The van der Waals surface area contributed by atoms with E-state index >= 15 is 0 Å². The van der Waals surface area contributed by atoms with Crippen LogP contribution >= 0.6 is 11.3 Å². The Morgan fingerprint density at radius 2 is 1.74 bits per heavy atom. The Hall–Kier alpha value is -5.22. The van der Waals surface area contributed by atoms with E-state index in [1.807, 2.05) is 54.6 Å². The van der Waals surface area contributed by atoms with Crippen molar-refractivity contribution in [2.45, 2.75) is 6.42 Å². The molecule has 0 spiro atoms. The first-order chi connectivity index (χ1) is 19.2. The molecular formula is C29H18N8OS. The summed E-state index contributed by atoms with van der Waals surface area (Å²) in [7, 11) is 0. The molecule has 0 saturated carbocycles. The molecule has 2 N–H and O–H groups in total. The predicted octanol–water partition coefficient (Wildman–Crippen LogP) is 6.06. The van der Waals surface area contributed by atoms with Gasteiger partial charge in [-0.25, -0.2) is 15.0 Å². The summed E-state index contributed by atoms with van der Waals surface area (Å²) in [4.78, 5) is 37.9. The van der Waals surface area contributed by atoms with Gasteiger partial charge in [0.05, 0.1) is 24.3 Å². The number of fused-ring (bicyclic) bond motifs is 9. The maximum Gasteiger partial charge on any atom is 0.236 e. The van der Waals surface area contributed by atoms with Gasteiger partial charge in [0.2, 0.25) is 5.91 Å². The van der Waals surface area contributed by atoms with Gasteiger partial charge in [0, 0.05) is 45.0 Å². The van der Waals surface area contributed by atoms with Gasteiger partial charge in [0.15, 0.2) is 11.3 Å². The standard InChI is InChI=1S/C29H18N8OS/c38-24(8-16-4-2-1-3-5-16)37-19-9-17(11-30-13-19)18-10-20-27(35-36-28(20)32-12-18)29-33-22-15-31-14-21(26(22)34-29)23-6-7-25(37)39-23/h1-7,9-15,35H,8H2,(H,32,36). The molecule has 186 valence electrons. The number of nitrogens with zero attached hydrogens (tertiary/aromatic N) is 6. The van der Waals surface area contributed by atoms with E-state index in [2.05, 4.69) is 25.1 Å². The molecule has 0 atom stereocenters. The molecule has 9 nitrogen and oxygen atoms in total. The Morgan fingerprint density at radius 3 is 2.67 bits per heavy atom. The number of H-pyrrole nitrogens is 2. The SMILES string of the molecule is O=C(Cc1ccccc1)n1c2cncc(c2)c2cnc3[nH][nH]c(c4nc5cncc(c6ccc1s6)c5n4)-c3c2. The molecule has 10 heteroatoms. The minimum atomic E-state index is -0.0549. The summed E-state index contributed by atoms with van der Waals surface area (Å²) in [5.41, 5.74) is 5.92. The summed E-state index contributed by atoms with van der Waals surface area (Å²) in [5, 5.41) is 8.88. The highest BCUT2D eigenvalue weighted by molar-refractivity contribution is 7.24. The van der Waals surface area contributed by atoms with Crippen LogP contribution in [-0.2, 0) is 6.42 Å². The minimum absolute atomic E-state index is 0.0549. The monoisotopic (exact) mass is 526 g/mol. The van der Waals surface area contributed by atoms with Crippen LogP contribution in [0.2, 0.25) is 0 Å². The molecule has 1 aromatic carbocycles. The summed E-state index contributed by atoms with van der Waals surface area (Å²) in [6.45, 7) is 0. The number of imidazole rings is 1. The molecule has 0 unspecified atom stereocenters. The lowest BCUT2D eigenvalue weighted by Crippen LogP contribution is -2.14. The smallest absolute Gasteiger partial charge is 0.236 e. The number of benzene rings is 1. The van der Waals surface area contributed by atoms with Crippen molar-refractivity contribution in [2.24, 2.45) is 0 Å². The number of thiophene rings is 1. The second kappa shape index (κ2) is 8.40. The summed E-state index contributed by atoms with van der Waals surface area (Å²) >= 11 is 1.51. The number of nitrogens with one attached hydrogen (secondary N) is 2. The van der Waals surface area contributed by atoms with Crippen molar-refractivity contribution in [3.8, 4) is 11.3 Å². The maximum atomic E-state index is 13.9. The van der Waals surface area contributed by atoms with Gasteiger partial charge < -0.3 is 0 Å². The molecule has 39 heavy (non-hydrogen) atoms. The third-order valence-corrected chi connectivity index (χ3v) is 7.97. The van der Waals surface area contributed by atoms with Crippen LogP contribution in [0.25, 0.3) is 64.8 Å². The topological polar surface area (TPSA) is 118 Å². The van der Waals surface area contributed by atoms with Gasteiger partial charge in [-0.3, -0.25) is 29.5 Å². The highest BCUT2D eigenvalue weighted by Gasteiger charge is 2.16. The molecule has 8 rings (SSSR count). The average molecular weight is 527 g/mol. The summed E-state index contributed by atoms with van der Waals surface area (Å²) in [6.07, 6.45) is 9.07. The van der Waals surface area contributed by atoms with Gasteiger partial charge in [-0.15, -0.1) is 11.3 Å². The number of carbonyl (C=O) groups is 1. The lowest BCUT2D eigenvalue weighted by molar-refractivity contribution is 0.0924. The van der Waals surface area contributed by atoms with Crippen LogP contribution in [0.1, 0.15) is 10.4 Å². The number of aromatic nitrogens is 8. The summed E-state index contributed by atoms with van der Waals surface area (Å²) in [6, 6.07) is 17.7. The van der Waals surface area contributed by atoms with E-state index in [4.69, 9.17) is 9.97 Å². The fourth-order valence-corrected chi connectivity index (χ4v) is 6.06. The molecule has 7 heterocycles. The van der Waals surface area contributed by atoms with Gasteiger partial charge in [-0.2, -0.15) is 0 Å². The minimum Gasteiger partial charge on any atom is -0.295 e. The first-order valence-corrected chi connectivity index (χ1v) is 13.1. The van der Waals surface area contributed by atoms with E-state index in [-0.39, 0.29) is 12.3 Å². The molecule has 0 aliphatic carbocycles. The van der Waals surface area contributed by atoms with Gasteiger partial charge >= 0.3 is 0 Å². The first kappa shape index (κ1) is 21.8. The largest absolute Gasteiger partial charge is 0.295 e. The van der Waals surface area contributed by atoms with Crippen LogP contribution in [0.3, 0.4) is 0 Å². The van der Waals surface area contributed by atoms with Gasteiger partial charge in [0.1, 0.15) is 21.6 Å². The predicted molar refractivity (Wildman–Crippen MR) is 153 cm³/mol. The van der Waals surface area contributed by atoms with E-state index in [0.29, 0.717) is 22.3 Å². The zero-order valence-corrected chi connectivity index (χ0v) is 21.1. The van der Waals surface area contributed by atoms with Crippen molar-refractivity contribution >= 4 is 70.8 Å².